The first-order valence-corrected chi connectivity index (χ1v) is 8.90. The van der Waals surface area contributed by atoms with E-state index in [4.69, 9.17) is 0 Å². The minimum absolute atomic E-state index is 0.490. The van der Waals surface area contributed by atoms with E-state index >= 15 is 0 Å². The quantitative estimate of drug-likeness (QED) is 0.614. The molecule has 2 rings (SSSR count). The van der Waals surface area contributed by atoms with Crippen LogP contribution in [0.15, 0.2) is 38.4 Å². The highest BCUT2D eigenvalue weighted by atomic mass is 79.9. The molecular weight excluding hydrogens is 354 g/mol. The first kappa shape index (κ1) is 15.5. The molecule has 6 heteroatoms. The molecule has 0 bridgehead atoms. The lowest BCUT2D eigenvalue weighted by Gasteiger charge is -2.14. The number of thiophene rings is 2. The average Bonchev–Trinajstić information content (AvgIpc) is 3.10. The second-order valence-corrected chi connectivity index (χ2v) is 7.96. The van der Waals surface area contributed by atoms with Gasteiger partial charge in [0.15, 0.2) is 5.96 Å². The molecule has 0 saturated heterocycles. The van der Waals surface area contributed by atoms with E-state index in [1.54, 1.807) is 29.7 Å². The summed E-state index contributed by atoms with van der Waals surface area (Å²) in [6.07, 6.45) is 0. The Kier molecular flexibility index (Phi) is 6.06. The van der Waals surface area contributed by atoms with Crippen molar-refractivity contribution in [2.75, 3.05) is 13.6 Å². The first-order valence-electron chi connectivity index (χ1n) is 6.41. The zero-order valence-electron chi connectivity index (χ0n) is 11.5. The summed E-state index contributed by atoms with van der Waals surface area (Å²) in [5, 5.41) is 8.82. The van der Waals surface area contributed by atoms with Crippen LogP contribution in [-0.4, -0.2) is 19.6 Å². The Labute approximate surface area is 136 Å². The van der Waals surface area contributed by atoms with Crippen LogP contribution in [0.25, 0.3) is 0 Å². The van der Waals surface area contributed by atoms with E-state index in [0.29, 0.717) is 5.92 Å². The van der Waals surface area contributed by atoms with Gasteiger partial charge in [-0.05, 0) is 39.5 Å². The van der Waals surface area contributed by atoms with Crippen LogP contribution in [0.4, 0.5) is 0 Å². The summed E-state index contributed by atoms with van der Waals surface area (Å²) in [6, 6.07) is 8.45. The minimum Gasteiger partial charge on any atom is -0.356 e. The molecule has 2 aromatic heterocycles. The largest absolute Gasteiger partial charge is 0.356 e. The van der Waals surface area contributed by atoms with Gasteiger partial charge >= 0.3 is 0 Å². The molecule has 0 spiro atoms. The van der Waals surface area contributed by atoms with Crippen LogP contribution in [0.1, 0.15) is 22.6 Å². The molecule has 108 valence electrons. The monoisotopic (exact) mass is 371 g/mol. The molecule has 1 atom stereocenters. The third kappa shape index (κ3) is 4.61. The Hall–Kier alpha value is -0.850. The molecule has 0 amide bonds. The zero-order valence-corrected chi connectivity index (χ0v) is 14.7. The van der Waals surface area contributed by atoms with Crippen molar-refractivity contribution in [1.82, 2.24) is 10.6 Å². The Morgan fingerprint density at radius 1 is 1.35 bits per heavy atom. The molecule has 0 aliphatic heterocycles. The summed E-state index contributed by atoms with van der Waals surface area (Å²) in [5.74, 6) is 1.34. The summed E-state index contributed by atoms with van der Waals surface area (Å²) >= 11 is 7.01. The molecule has 2 heterocycles. The Morgan fingerprint density at radius 3 is 2.80 bits per heavy atom. The summed E-state index contributed by atoms with van der Waals surface area (Å²) in [5.41, 5.74) is 0. The summed E-state index contributed by atoms with van der Waals surface area (Å²) in [4.78, 5) is 6.94. The lowest BCUT2D eigenvalue weighted by molar-refractivity contribution is 0.709. The fraction of sp³-hybridized carbons (Fsp3) is 0.357. The maximum absolute atomic E-state index is 4.25. The zero-order chi connectivity index (χ0) is 14.4. The summed E-state index contributed by atoms with van der Waals surface area (Å²) in [6.45, 7) is 3.90. The van der Waals surface area contributed by atoms with Gasteiger partial charge < -0.3 is 10.6 Å². The van der Waals surface area contributed by atoms with E-state index in [2.05, 4.69) is 68.1 Å². The van der Waals surface area contributed by atoms with Gasteiger partial charge in [-0.3, -0.25) is 4.99 Å². The van der Waals surface area contributed by atoms with Crippen LogP contribution in [0.3, 0.4) is 0 Å². The standard InChI is InChI=1S/C14H18BrN3S2/c1-10(12-4-3-7-19-12)8-17-14(16-2)18-9-11-5-6-13(15)20-11/h3-7,10H,8-9H2,1-2H3,(H2,16,17,18). The van der Waals surface area contributed by atoms with E-state index in [9.17, 15) is 0 Å². The third-order valence-electron chi connectivity index (χ3n) is 2.89. The van der Waals surface area contributed by atoms with Gasteiger partial charge in [0.1, 0.15) is 0 Å². The van der Waals surface area contributed by atoms with E-state index in [0.717, 1.165) is 22.8 Å². The van der Waals surface area contributed by atoms with Crippen LogP contribution in [0.5, 0.6) is 0 Å². The van der Waals surface area contributed by atoms with Crippen molar-refractivity contribution in [2.24, 2.45) is 4.99 Å². The summed E-state index contributed by atoms with van der Waals surface area (Å²) in [7, 11) is 1.80. The van der Waals surface area contributed by atoms with Crippen molar-refractivity contribution < 1.29 is 0 Å². The number of halogens is 1. The maximum atomic E-state index is 4.25. The first-order chi connectivity index (χ1) is 9.69. The van der Waals surface area contributed by atoms with Gasteiger partial charge in [-0.2, -0.15) is 0 Å². The number of hydrogen-bond donors (Lipinski definition) is 2. The number of guanidine groups is 1. The number of hydrogen-bond acceptors (Lipinski definition) is 3. The minimum atomic E-state index is 0.490. The highest BCUT2D eigenvalue weighted by Gasteiger charge is 2.07. The lowest BCUT2D eigenvalue weighted by atomic mass is 10.1. The Balaban J connectivity index is 1.78. The molecule has 0 aliphatic carbocycles. The highest BCUT2D eigenvalue weighted by molar-refractivity contribution is 9.11. The number of aliphatic imine (C=N–C) groups is 1. The Bertz CT molecular complexity index is 549. The fourth-order valence-electron chi connectivity index (χ4n) is 1.76. The average molecular weight is 372 g/mol. The van der Waals surface area contributed by atoms with E-state index in [1.165, 1.54) is 9.75 Å². The van der Waals surface area contributed by atoms with Gasteiger partial charge in [0.05, 0.1) is 10.3 Å². The third-order valence-corrected chi connectivity index (χ3v) is 5.61. The van der Waals surface area contributed by atoms with Crippen LogP contribution in [0, 0.1) is 0 Å². The second-order valence-electron chi connectivity index (χ2n) is 4.43. The van der Waals surface area contributed by atoms with E-state index < -0.39 is 0 Å². The van der Waals surface area contributed by atoms with Crippen LogP contribution in [0.2, 0.25) is 0 Å². The smallest absolute Gasteiger partial charge is 0.191 e. The molecule has 2 aromatic rings. The Morgan fingerprint density at radius 2 is 2.20 bits per heavy atom. The summed E-state index contributed by atoms with van der Waals surface area (Å²) < 4.78 is 1.16. The molecule has 0 aromatic carbocycles. The topological polar surface area (TPSA) is 36.4 Å². The van der Waals surface area contributed by atoms with E-state index in [1.807, 2.05) is 0 Å². The SMILES string of the molecule is CN=C(NCc1ccc(Br)s1)NCC(C)c1cccs1. The van der Waals surface area contributed by atoms with E-state index in [-0.39, 0.29) is 0 Å². The van der Waals surface area contributed by atoms with Gasteiger partial charge in [0, 0.05) is 29.3 Å². The molecule has 0 aliphatic rings. The number of rotatable bonds is 5. The van der Waals surface area contributed by atoms with Crippen LogP contribution in [-0.2, 0) is 6.54 Å². The molecular formula is C14H18BrN3S2. The maximum Gasteiger partial charge on any atom is 0.191 e. The van der Waals surface area contributed by atoms with Crippen molar-refractivity contribution >= 4 is 44.6 Å². The van der Waals surface area contributed by atoms with Gasteiger partial charge in [0.2, 0.25) is 0 Å². The van der Waals surface area contributed by atoms with Crippen LogP contribution >= 0.6 is 38.6 Å². The van der Waals surface area contributed by atoms with Gasteiger partial charge in [0.25, 0.3) is 0 Å². The predicted molar refractivity (Wildman–Crippen MR) is 93.0 cm³/mol. The molecule has 0 saturated carbocycles. The highest BCUT2D eigenvalue weighted by Crippen LogP contribution is 2.22. The van der Waals surface area contributed by atoms with Crippen molar-refractivity contribution in [3.05, 3.63) is 43.2 Å². The van der Waals surface area contributed by atoms with Crippen molar-refractivity contribution in [3.8, 4) is 0 Å². The van der Waals surface area contributed by atoms with Crippen molar-refractivity contribution in [1.29, 1.82) is 0 Å². The molecule has 0 fully saturated rings. The molecule has 3 nitrogen and oxygen atoms in total. The van der Waals surface area contributed by atoms with Gasteiger partial charge in [-0.1, -0.05) is 13.0 Å². The van der Waals surface area contributed by atoms with Crippen molar-refractivity contribution in [3.63, 3.8) is 0 Å². The van der Waals surface area contributed by atoms with Gasteiger partial charge in [-0.15, -0.1) is 22.7 Å². The molecule has 2 N–H and O–H groups in total. The predicted octanol–water partition coefficient (Wildman–Crippen LogP) is 4.04. The lowest BCUT2D eigenvalue weighted by Crippen LogP contribution is -2.38. The second kappa shape index (κ2) is 7.81. The fourth-order valence-corrected chi connectivity index (χ4v) is 3.97. The number of nitrogens with one attached hydrogen (secondary N) is 2. The van der Waals surface area contributed by atoms with Crippen LogP contribution < -0.4 is 10.6 Å². The van der Waals surface area contributed by atoms with Crippen molar-refractivity contribution in [2.45, 2.75) is 19.4 Å². The molecule has 0 radical (unpaired) electrons. The van der Waals surface area contributed by atoms with Gasteiger partial charge in [-0.25, -0.2) is 0 Å². The molecule has 20 heavy (non-hydrogen) atoms. The normalized spacial score (nSPS) is 13.2. The number of nitrogens with zero attached hydrogens (tertiary/aromatic N) is 1. The molecule has 1 unspecified atom stereocenters.